The largest absolute Gasteiger partial charge is 0.311 e. The monoisotopic (exact) mass is 306 g/mol. The van der Waals surface area contributed by atoms with E-state index in [0.29, 0.717) is 10.6 Å². The second kappa shape index (κ2) is 5.27. The van der Waals surface area contributed by atoms with Gasteiger partial charge in [-0.2, -0.15) is 10.4 Å². The molecule has 5 nitrogen and oxygen atoms in total. The smallest absolute Gasteiger partial charge is 0.275 e. The molecule has 0 bridgehead atoms. The van der Waals surface area contributed by atoms with Crippen molar-refractivity contribution in [3.05, 3.63) is 32.9 Å². The van der Waals surface area contributed by atoms with E-state index >= 15 is 0 Å². The molecule has 2 aromatic heterocycles. The first kappa shape index (κ1) is 13.2. The van der Waals surface area contributed by atoms with Crippen LogP contribution in [0.25, 0.3) is 0 Å². The summed E-state index contributed by atoms with van der Waals surface area (Å²) in [4.78, 5) is 13.3. The number of thiophene rings is 1. The van der Waals surface area contributed by atoms with Crippen LogP contribution in [0.4, 0.5) is 5.00 Å². The summed E-state index contributed by atoms with van der Waals surface area (Å²) in [6, 6.07) is 2.21. The van der Waals surface area contributed by atoms with E-state index in [1.165, 1.54) is 22.4 Å². The van der Waals surface area contributed by atoms with E-state index in [9.17, 15) is 10.1 Å². The topological polar surface area (TPSA) is 81.6 Å². The first-order valence-corrected chi connectivity index (χ1v) is 7.45. The molecule has 7 heteroatoms. The van der Waals surface area contributed by atoms with Crippen LogP contribution in [0.15, 0.2) is 6.20 Å². The molecule has 0 atom stereocenters. The maximum atomic E-state index is 12.1. The standard InChI is InChI=1S/C13H11ClN4OS/c14-9-6-16-18-11(9)12(19)17-13-8(5-15)7-3-1-2-4-10(7)20-13/h6H,1-4H2,(H,16,18)(H,17,19). The zero-order chi connectivity index (χ0) is 14.1. The van der Waals surface area contributed by atoms with Crippen LogP contribution in [0.5, 0.6) is 0 Å². The lowest BCUT2D eigenvalue weighted by molar-refractivity contribution is 0.102. The number of nitriles is 1. The Kier molecular flexibility index (Phi) is 3.47. The number of carbonyl (C=O) groups is 1. The molecule has 0 unspecified atom stereocenters. The van der Waals surface area contributed by atoms with Gasteiger partial charge in [-0.25, -0.2) is 0 Å². The molecule has 102 valence electrons. The van der Waals surface area contributed by atoms with Gasteiger partial charge in [-0.15, -0.1) is 11.3 Å². The molecule has 1 aliphatic rings. The van der Waals surface area contributed by atoms with Crippen molar-refractivity contribution in [3.8, 4) is 6.07 Å². The van der Waals surface area contributed by atoms with Crippen molar-refractivity contribution < 1.29 is 4.79 Å². The minimum Gasteiger partial charge on any atom is -0.311 e. The van der Waals surface area contributed by atoms with Crippen molar-refractivity contribution in [1.82, 2.24) is 10.2 Å². The lowest BCUT2D eigenvalue weighted by atomic mass is 9.96. The van der Waals surface area contributed by atoms with Crippen LogP contribution in [0.3, 0.4) is 0 Å². The van der Waals surface area contributed by atoms with Crippen molar-refractivity contribution in [2.75, 3.05) is 5.32 Å². The quantitative estimate of drug-likeness (QED) is 0.894. The molecule has 3 rings (SSSR count). The highest BCUT2D eigenvalue weighted by atomic mass is 35.5. The fourth-order valence-electron chi connectivity index (χ4n) is 2.37. The molecular weight excluding hydrogens is 296 g/mol. The van der Waals surface area contributed by atoms with Gasteiger partial charge in [0.2, 0.25) is 0 Å². The van der Waals surface area contributed by atoms with E-state index in [-0.39, 0.29) is 16.6 Å². The van der Waals surface area contributed by atoms with Gasteiger partial charge in [0.05, 0.1) is 16.8 Å². The van der Waals surface area contributed by atoms with E-state index in [1.807, 2.05) is 0 Å². The van der Waals surface area contributed by atoms with E-state index in [2.05, 4.69) is 21.6 Å². The highest BCUT2D eigenvalue weighted by Gasteiger charge is 2.23. The average molecular weight is 307 g/mol. The molecular formula is C13H11ClN4OS. The number of nitrogens with zero attached hydrogens (tertiary/aromatic N) is 2. The number of hydrogen-bond acceptors (Lipinski definition) is 4. The number of fused-ring (bicyclic) bond motifs is 1. The molecule has 0 aromatic carbocycles. The number of aryl methyl sites for hydroxylation is 1. The number of H-pyrrole nitrogens is 1. The van der Waals surface area contributed by atoms with Gasteiger partial charge in [0, 0.05) is 4.88 Å². The zero-order valence-corrected chi connectivity index (χ0v) is 12.1. The normalized spacial score (nSPS) is 13.6. The summed E-state index contributed by atoms with van der Waals surface area (Å²) in [6.07, 6.45) is 5.50. The predicted octanol–water partition coefficient (Wildman–Crippen LogP) is 3.13. The summed E-state index contributed by atoms with van der Waals surface area (Å²) in [6.45, 7) is 0. The predicted molar refractivity (Wildman–Crippen MR) is 77.2 cm³/mol. The first-order chi connectivity index (χ1) is 9.70. The Morgan fingerprint density at radius 3 is 3.00 bits per heavy atom. The Labute approximate surface area is 124 Å². The van der Waals surface area contributed by atoms with Crippen molar-refractivity contribution in [2.45, 2.75) is 25.7 Å². The maximum absolute atomic E-state index is 12.1. The minimum absolute atomic E-state index is 0.210. The fourth-order valence-corrected chi connectivity index (χ4v) is 3.78. The molecule has 0 spiro atoms. The van der Waals surface area contributed by atoms with Gasteiger partial charge in [0.1, 0.15) is 16.8 Å². The summed E-state index contributed by atoms with van der Waals surface area (Å²) in [5, 5.41) is 19.2. The molecule has 2 aromatic rings. The number of nitrogens with one attached hydrogen (secondary N) is 2. The number of aromatic nitrogens is 2. The molecule has 0 radical (unpaired) electrons. The molecule has 20 heavy (non-hydrogen) atoms. The Balaban J connectivity index is 1.92. The highest BCUT2D eigenvalue weighted by Crippen LogP contribution is 2.37. The van der Waals surface area contributed by atoms with Gasteiger partial charge >= 0.3 is 0 Å². The van der Waals surface area contributed by atoms with E-state index in [1.54, 1.807) is 0 Å². The van der Waals surface area contributed by atoms with E-state index in [4.69, 9.17) is 11.6 Å². The molecule has 2 heterocycles. The van der Waals surface area contributed by atoms with Crippen molar-refractivity contribution in [1.29, 1.82) is 5.26 Å². The highest BCUT2D eigenvalue weighted by molar-refractivity contribution is 7.16. The number of rotatable bonds is 2. The molecule has 0 fully saturated rings. The molecule has 1 aliphatic carbocycles. The SMILES string of the molecule is N#Cc1c(NC(=O)c2[nH]ncc2Cl)sc2c1CCCC2. The Morgan fingerprint density at radius 2 is 2.30 bits per heavy atom. The van der Waals surface area contributed by atoms with Crippen LogP contribution < -0.4 is 5.32 Å². The second-order valence-corrected chi connectivity index (χ2v) is 6.09. The molecule has 1 amide bonds. The molecule has 0 saturated heterocycles. The van der Waals surface area contributed by atoms with Crippen molar-refractivity contribution in [2.24, 2.45) is 0 Å². The lowest BCUT2D eigenvalue weighted by Crippen LogP contribution is -2.13. The summed E-state index contributed by atoms with van der Waals surface area (Å²) >= 11 is 7.35. The third-order valence-electron chi connectivity index (χ3n) is 3.33. The Morgan fingerprint density at radius 1 is 1.50 bits per heavy atom. The van der Waals surface area contributed by atoms with Gasteiger partial charge in [0.15, 0.2) is 0 Å². The Bertz CT molecular complexity index is 713. The number of anilines is 1. The van der Waals surface area contributed by atoms with Crippen molar-refractivity contribution in [3.63, 3.8) is 0 Å². The number of carbonyl (C=O) groups excluding carboxylic acids is 1. The Hall–Kier alpha value is -1.84. The van der Waals surface area contributed by atoms with Crippen LogP contribution in [-0.4, -0.2) is 16.1 Å². The molecule has 2 N–H and O–H groups in total. The van der Waals surface area contributed by atoms with Gasteiger partial charge in [-0.1, -0.05) is 11.6 Å². The van der Waals surface area contributed by atoms with Gasteiger partial charge < -0.3 is 5.32 Å². The molecule has 0 saturated carbocycles. The van der Waals surface area contributed by atoms with Gasteiger partial charge in [0.25, 0.3) is 5.91 Å². The third-order valence-corrected chi connectivity index (χ3v) is 4.82. The second-order valence-electron chi connectivity index (χ2n) is 4.57. The number of hydrogen-bond donors (Lipinski definition) is 2. The summed E-state index contributed by atoms with van der Waals surface area (Å²) in [7, 11) is 0. The fraction of sp³-hybridized carbons (Fsp3) is 0.308. The van der Waals surface area contributed by atoms with Crippen LogP contribution in [0, 0.1) is 11.3 Å². The van der Waals surface area contributed by atoms with Crippen LogP contribution in [0.1, 0.15) is 39.3 Å². The van der Waals surface area contributed by atoms with Gasteiger partial charge in [-0.3, -0.25) is 9.89 Å². The number of aromatic amines is 1. The van der Waals surface area contributed by atoms with E-state index in [0.717, 1.165) is 31.2 Å². The first-order valence-electron chi connectivity index (χ1n) is 6.25. The summed E-state index contributed by atoms with van der Waals surface area (Å²) in [5.41, 5.74) is 1.89. The summed E-state index contributed by atoms with van der Waals surface area (Å²) in [5.74, 6) is -0.373. The summed E-state index contributed by atoms with van der Waals surface area (Å²) < 4.78 is 0. The average Bonchev–Trinajstić information content (AvgIpc) is 3.01. The number of halogens is 1. The van der Waals surface area contributed by atoms with E-state index < -0.39 is 0 Å². The van der Waals surface area contributed by atoms with Crippen LogP contribution in [0.2, 0.25) is 5.02 Å². The van der Waals surface area contributed by atoms with Crippen LogP contribution >= 0.6 is 22.9 Å². The lowest BCUT2D eigenvalue weighted by Gasteiger charge is -2.09. The third kappa shape index (κ3) is 2.19. The van der Waals surface area contributed by atoms with Crippen LogP contribution in [-0.2, 0) is 12.8 Å². The minimum atomic E-state index is -0.373. The maximum Gasteiger partial charge on any atom is 0.275 e. The number of amides is 1. The molecule has 0 aliphatic heterocycles. The zero-order valence-electron chi connectivity index (χ0n) is 10.5. The van der Waals surface area contributed by atoms with Crippen molar-refractivity contribution >= 4 is 33.8 Å². The van der Waals surface area contributed by atoms with Gasteiger partial charge in [-0.05, 0) is 31.2 Å².